The Kier molecular flexibility index (Phi) is 9.36. The number of nitriles is 1. The highest BCUT2D eigenvalue weighted by atomic mass is 16.5. The Hall–Kier alpha value is -2.38. The Labute approximate surface area is 209 Å². The van der Waals surface area contributed by atoms with Gasteiger partial charge >= 0.3 is 6.09 Å². The summed E-state index contributed by atoms with van der Waals surface area (Å²) in [7, 11) is 0. The number of amides is 2. The van der Waals surface area contributed by atoms with E-state index in [0.29, 0.717) is 57.6 Å². The highest BCUT2D eigenvalue weighted by Crippen LogP contribution is 2.33. The number of hydrogen-bond acceptors (Lipinski definition) is 7. The molecule has 3 rings (SSSR count). The highest BCUT2D eigenvalue weighted by Gasteiger charge is 2.43. The molecule has 0 aromatic rings. The van der Waals surface area contributed by atoms with Gasteiger partial charge in [-0.2, -0.15) is 5.26 Å². The molecule has 3 aliphatic heterocycles. The molecule has 0 radical (unpaired) electrons. The number of rotatable bonds is 5. The summed E-state index contributed by atoms with van der Waals surface area (Å²) in [6.45, 7) is 12.1. The van der Waals surface area contributed by atoms with Crippen LogP contribution in [0.4, 0.5) is 4.79 Å². The van der Waals surface area contributed by atoms with Gasteiger partial charge in [0.15, 0.2) is 0 Å². The van der Waals surface area contributed by atoms with Crippen molar-refractivity contribution >= 4 is 18.0 Å². The van der Waals surface area contributed by atoms with Crippen molar-refractivity contribution in [1.82, 2.24) is 20.4 Å². The molecular formula is C25H42N6O4. The van der Waals surface area contributed by atoms with E-state index in [1.165, 1.54) is 6.42 Å². The largest absolute Gasteiger partial charge is 0.450 e. The molecule has 0 bridgehead atoms. The summed E-state index contributed by atoms with van der Waals surface area (Å²) in [5.41, 5.74) is -1.09. The lowest BCUT2D eigenvalue weighted by molar-refractivity contribution is -0.125. The predicted octanol–water partition coefficient (Wildman–Crippen LogP) is 2.25. The van der Waals surface area contributed by atoms with Gasteiger partial charge in [-0.05, 0) is 51.0 Å². The minimum absolute atomic E-state index is 0.196. The highest BCUT2D eigenvalue weighted by molar-refractivity contribution is 5.96. The first-order valence-corrected chi connectivity index (χ1v) is 13.0. The molecule has 0 aromatic heterocycles. The van der Waals surface area contributed by atoms with Gasteiger partial charge in [0, 0.05) is 25.7 Å². The molecule has 35 heavy (non-hydrogen) atoms. The van der Waals surface area contributed by atoms with E-state index in [9.17, 15) is 14.9 Å². The lowest BCUT2D eigenvalue weighted by Crippen LogP contribution is -2.60. The Morgan fingerprint density at radius 3 is 2.63 bits per heavy atom. The van der Waals surface area contributed by atoms with Gasteiger partial charge < -0.3 is 24.6 Å². The fourth-order valence-corrected chi connectivity index (χ4v) is 5.14. The Balaban J connectivity index is 1.83. The quantitative estimate of drug-likeness (QED) is 0.448. The van der Waals surface area contributed by atoms with E-state index in [2.05, 4.69) is 42.4 Å². The van der Waals surface area contributed by atoms with E-state index in [0.717, 1.165) is 25.9 Å². The lowest BCUT2D eigenvalue weighted by atomic mass is 9.80. The number of nitrogens with one attached hydrogen (secondary N) is 2. The Morgan fingerprint density at radius 1 is 1.23 bits per heavy atom. The third kappa shape index (κ3) is 7.80. The van der Waals surface area contributed by atoms with Gasteiger partial charge in [-0.15, -0.1) is 0 Å². The summed E-state index contributed by atoms with van der Waals surface area (Å²) in [6.07, 6.45) is 4.53. The number of piperidine rings is 2. The van der Waals surface area contributed by atoms with Gasteiger partial charge in [0.25, 0.3) is 0 Å². The van der Waals surface area contributed by atoms with Crippen molar-refractivity contribution in [3.8, 4) is 6.07 Å². The number of hydrogen-bond donors (Lipinski definition) is 2. The first-order valence-electron chi connectivity index (χ1n) is 13.0. The SMILES string of the molecule is CCOC(=O)NC(=N[C@@H](CC(C)(C)C)C(=O)NC1(C#N)CCN2CCCCC2C1)N1CCOCC1. The van der Waals surface area contributed by atoms with Crippen LogP contribution in [-0.4, -0.2) is 91.4 Å². The van der Waals surface area contributed by atoms with Gasteiger partial charge in [0.1, 0.15) is 11.6 Å². The Bertz CT molecular complexity index is 814. The van der Waals surface area contributed by atoms with E-state index < -0.39 is 17.7 Å². The van der Waals surface area contributed by atoms with Crippen LogP contribution in [-0.2, 0) is 14.3 Å². The molecule has 3 fully saturated rings. The van der Waals surface area contributed by atoms with Gasteiger partial charge in [0.2, 0.25) is 11.9 Å². The predicted molar refractivity (Wildman–Crippen MR) is 133 cm³/mol. The van der Waals surface area contributed by atoms with Gasteiger partial charge in [-0.3, -0.25) is 10.1 Å². The maximum atomic E-state index is 13.7. The molecule has 3 heterocycles. The molecule has 3 atom stereocenters. The molecule has 3 aliphatic rings. The second-order valence-corrected chi connectivity index (χ2v) is 11.0. The smallest absolute Gasteiger partial charge is 0.413 e. The minimum atomic E-state index is -0.894. The van der Waals surface area contributed by atoms with E-state index >= 15 is 0 Å². The van der Waals surface area contributed by atoms with E-state index in [1.54, 1.807) is 6.92 Å². The third-order valence-electron chi connectivity index (χ3n) is 6.92. The molecular weight excluding hydrogens is 448 g/mol. The van der Waals surface area contributed by atoms with Gasteiger partial charge in [0.05, 0.1) is 25.9 Å². The lowest BCUT2D eigenvalue weighted by Gasteiger charge is -2.46. The van der Waals surface area contributed by atoms with Crippen LogP contribution in [0, 0.1) is 16.7 Å². The topological polar surface area (TPSA) is 119 Å². The van der Waals surface area contributed by atoms with Crippen LogP contribution < -0.4 is 10.6 Å². The van der Waals surface area contributed by atoms with Crippen molar-refractivity contribution in [2.24, 2.45) is 10.4 Å². The van der Waals surface area contributed by atoms with Crippen LogP contribution >= 0.6 is 0 Å². The van der Waals surface area contributed by atoms with E-state index in [-0.39, 0.29) is 17.9 Å². The monoisotopic (exact) mass is 490 g/mol. The van der Waals surface area contributed by atoms with Gasteiger partial charge in [-0.1, -0.05) is 27.2 Å². The number of carbonyl (C=O) groups is 2. The molecule has 10 heteroatoms. The summed E-state index contributed by atoms with van der Waals surface area (Å²) in [5, 5.41) is 16.0. The number of ether oxygens (including phenoxy) is 2. The Morgan fingerprint density at radius 2 is 1.97 bits per heavy atom. The summed E-state index contributed by atoms with van der Waals surface area (Å²) in [4.78, 5) is 35.1. The zero-order valence-corrected chi connectivity index (χ0v) is 21.8. The first-order chi connectivity index (χ1) is 16.6. The number of carbonyl (C=O) groups excluding carboxylic acids is 2. The molecule has 2 unspecified atom stereocenters. The molecule has 0 saturated carbocycles. The standard InChI is InChI=1S/C25H42N6O4/c1-5-35-23(33)28-22(31-12-14-34-15-13-31)27-20(17-24(2,3)4)21(32)29-25(18-26)9-11-30-10-7-6-8-19(30)16-25/h19-20H,5-17H2,1-4H3,(H,29,32)(H,27,28,33)/t19?,20-,25?/m0/s1. The molecule has 3 saturated heterocycles. The number of aliphatic imine (C=N–C) groups is 1. The summed E-state index contributed by atoms with van der Waals surface area (Å²) < 4.78 is 10.5. The van der Waals surface area contributed by atoms with E-state index in [4.69, 9.17) is 14.5 Å². The normalized spacial score (nSPS) is 26.8. The molecule has 10 nitrogen and oxygen atoms in total. The maximum absolute atomic E-state index is 13.7. The summed E-state index contributed by atoms with van der Waals surface area (Å²) in [6, 6.07) is 2.01. The van der Waals surface area contributed by atoms with Crippen molar-refractivity contribution in [2.45, 2.75) is 83.8 Å². The number of alkyl carbamates (subject to hydrolysis) is 1. The molecule has 0 spiro atoms. The number of guanidine groups is 1. The minimum Gasteiger partial charge on any atom is -0.450 e. The van der Waals surface area contributed by atoms with Crippen molar-refractivity contribution in [1.29, 1.82) is 5.26 Å². The number of morpholine rings is 1. The van der Waals surface area contributed by atoms with Crippen LogP contribution in [0.1, 0.15) is 66.2 Å². The number of nitrogens with zero attached hydrogens (tertiary/aromatic N) is 4. The molecule has 0 aliphatic carbocycles. The fraction of sp³-hybridized carbons (Fsp3) is 0.840. The van der Waals surface area contributed by atoms with Crippen LogP contribution in [0.15, 0.2) is 4.99 Å². The first kappa shape index (κ1) is 27.2. The third-order valence-corrected chi connectivity index (χ3v) is 6.92. The molecule has 196 valence electrons. The number of fused-ring (bicyclic) bond motifs is 1. The average molecular weight is 491 g/mol. The summed E-state index contributed by atoms with van der Waals surface area (Å²) >= 11 is 0. The van der Waals surface area contributed by atoms with Crippen LogP contribution in [0.3, 0.4) is 0 Å². The second kappa shape index (κ2) is 12.0. The van der Waals surface area contributed by atoms with E-state index in [1.807, 2.05) is 4.90 Å². The van der Waals surface area contributed by atoms with Crippen LogP contribution in [0.25, 0.3) is 0 Å². The molecule has 0 aromatic carbocycles. The zero-order chi connectivity index (χ0) is 25.5. The fourth-order valence-electron chi connectivity index (χ4n) is 5.14. The average Bonchev–Trinajstić information content (AvgIpc) is 2.83. The van der Waals surface area contributed by atoms with Crippen LogP contribution in [0.2, 0.25) is 0 Å². The molecule has 2 N–H and O–H groups in total. The summed E-state index contributed by atoms with van der Waals surface area (Å²) in [5.74, 6) is 0.0337. The molecule has 2 amide bonds. The van der Waals surface area contributed by atoms with Crippen molar-refractivity contribution < 1.29 is 19.1 Å². The maximum Gasteiger partial charge on any atom is 0.413 e. The van der Waals surface area contributed by atoms with Crippen molar-refractivity contribution in [3.05, 3.63) is 0 Å². The van der Waals surface area contributed by atoms with Crippen molar-refractivity contribution in [2.75, 3.05) is 46.0 Å². The zero-order valence-electron chi connectivity index (χ0n) is 21.8. The van der Waals surface area contributed by atoms with Crippen LogP contribution in [0.5, 0.6) is 0 Å². The van der Waals surface area contributed by atoms with Gasteiger partial charge in [-0.25, -0.2) is 9.79 Å². The second-order valence-electron chi connectivity index (χ2n) is 11.0. The van der Waals surface area contributed by atoms with Crippen molar-refractivity contribution in [3.63, 3.8) is 0 Å².